The smallest absolute Gasteiger partial charge is 0.325 e. The van der Waals surface area contributed by atoms with Crippen LogP contribution in [0, 0.1) is 0 Å². The van der Waals surface area contributed by atoms with Crippen molar-refractivity contribution < 1.29 is 18.0 Å². The summed E-state index contributed by atoms with van der Waals surface area (Å²) in [6.07, 6.45) is -3.89. The molecule has 0 radical (unpaired) electrons. The maximum atomic E-state index is 12.7. The van der Waals surface area contributed by atoms with Crippen molar-refractivity contribution in [3.8, 4) is 0 Å². The van der Waals surface area contributed by atoms with Gasteiger partial charge >= 0.3 is 11.9 Å². The fourth-order valence-electron chi connectivity index (χ4n) is 2.79. The van der Waals surface area contributed by atoms with Gasteiger partial charge in [0.25, 0.3) is 5.56 Å². The van der Waals surface area contributed by atoms with Gasteiger partial charge in [-0.3, -0.25) is 18.7 Å². The molecule has 148 valence electrons. The molecule has 6 nitrogen and oxygen atoms in total. The molecule has 28 heavy (non-hydrogen) atoms. The number of fused-ring (bicyclic) bond motifs is 1. The largest absolute Gasteiger partial charge is 0.416 e. The minimum Gasteiger partial charge on any atom is -0.325 e. The maximum Gasteiger partial charge on any atom is 0.416 e. The predicted molar refractivity (Wildman–Crippen MR) is 101 cm³/mol. The molecule has 0 spiro atoms. The summed E-state index contributed by atoms with van der Waals surface area (Å²) in [6, 6.07) is 5.59. The lowest BCUT2D eigenvalue weighted by atomic mass is 10.2. The third-order valence-corrected chi connectivity index (χ3v) is 4.97. The number of alkyl halides is 3. The molecule has 2 aromatic heterocycles. The molecule has 0 aliphatic heterocycles. The second-order valence-corrected chi connectivity index (χ2v) is 7.00. The lowest BCUT2D eigenvalue weighted by Gasteiger charge is -2.12. The van der Waals surface area contributed by atoms with Gasteiger partial charge in [0, 0.05) is 12.2 Å². The minimum absolute atomic E-state index is 0.175. The standard InChI is InChI=1S/C18H16F3N3O3S/c1-2-8-23-16(26)15-13(7-9-28-15)24(17(23)27)10-14(25)22-12-5-3-11(4-6-12)18(19,20)21/h3-7,9H,2,8,10H2,1H3,(H,22,25). The van der Waals surface area contributed by atoms with Crippen LogP contribution in [0.2, 0.25) is 0 Å². The highest BCUT2D eigenvalue weighted by Gasteiger charge is 2.30. The average Bonchev–Trinajstić information content (AvgIpc) is 3.12. The minimum atomic E-state index is -4.46. The van der Waals surface area contributed by atoms with Crippen molar-refractivity contribution in [2.75, 3.05) is 5.32 Å². The first-order chi connectivity index (χ1) is 13.2. The van der Waals surface area contributed by atoms with Crippen molar-refractivity contribution in [1.29, 1.82) is 0 Å². The Kier molecular flexibility index (Phi) is 5.41. The lowest BCUT2D eigenvalue weighted by molar-refractivity contribution is -0.137. The Morgan fingerprint density at radius 2 is 1.79 bits per heavy atom. The zero-order valence-electron chi connectivity index (χ0n) is 14.7. The van der Waals surface area contributed by atoms with Crippen LogP contribution in [0.1, 0.15) is 18.9 Å². The zero-order valence-corrected chi connectivity index (χ0v) is 15.6. The van der Waals surface area contributed by atoms with E-state index in [0.717, 1.165) is 28.8 Å². The number of halogens is 3. The van der Waals surface area contributed by atoms with E-state index >= 15 is 0 Å². The first kappa shape index (κ1) is 19.9. The number of aromatic nitrogens is 2. The van der Waals surface area contributed by atoms with E-state index < -0.39 is 28.9 Å². The van der Waals surface area contributed by atoms with E-state index in [1.165, 1.54) is 15.9 Å². The summed E-state index contributed by atoms with van der Waals surface area (Å²) >= 11 is 1.18. The van der Waals surface area contributed by atoms with Gasteiger partial charge in [-0.2, -0.15) is 13.2 Å². The Morgan fingerprint density at radius 3 is 2.39 bits per heavy atom. The van der Waals surface area contributed by atoms with Crippen molar-refractivity contribution in [1.82, 2.24) is 9.13 Å². The summed E-state index contributed by atoms with van der Waals surface area (Å²) in [5.41, 5.74) is -1.28. The first-order valence-electron chi connectivity index (χ1n) is 8.40. The number of hydrogen-bond donors (Lipinski definition) is 1. The lowest BCUT2D eigenvalue weighted by Crippen LogP contribution is -2.41. The molecule has 0 unspecified atom stereocenters. The van der Waals surface area contributed by atoms with Crippen LogP contribution < -0.4 is 16.6 Å². The summed E-state index contributed by atoms with van der Waals surface area (Å²) < 4.78 is 40.5. The van der Waals surface area contributed by atoms with Crippen LogP contribution in [0.4, 0.5) is 18.9 Å². The van der Waals surface area contributed by atoms with Gasteiger partial charge in [0.05, 0.1) is 11.1 Å². The number of hydrogen-bond acceptors (Lipinski definition) is 4. The van der Waals surface area contributed by atoms with Gasteiger partial charge in [-0.25, -0.2) is 4.79 Å². The Morgan fingerprint density at radius 1 is 1.11 bits per heavy atom. The molecule has 3 rings (SSSR count). The number of rotatable bonds is 5. The maximum absolute atomic E-state index is 12.7. The fraction of sp³-hybridized carbons (Fsp3) is 0.278. The molecular weight excluding hydrogens is 395 g/mol. The van der Waals surface area contributed by atoms with E-state index in [4.69, 9.17) is 0 Å². The van der Waals surface area contributed by atoms with E-state index in [0.29, 0.717) is 16.6 Å². The zero-order chi connectivity index (χ0) is 20.5. The number of thiophene rings is 1. The van der Waals surface area contributed by atoms with Crippen molar-refractivity contribution in [2.45, 2.75) is 32.6 Å². The molecule has 0 atom stereocenters. The molecule has 1 amide bonds. The van der Waals surface area contributed by atoms with Gasteiger partial charge in [0.1, 0.15) is 11.2 Å². The predicted octanol–water partition coefficient (Wildman–Crippen LogP) is 3.29. The van der Waals surface area contributed by atoms with Crippen molar-refractivity contribution in [2.24, 2.45) is 0 Å². The summed E-state index contributed by atoms with van der Waals surface area (Å²) in [4.78, 5) is 37.4. The van der Waals surface area contributed by atoms with Gasteiger partial charge < -0.3 is 5.32 Å². The van der Waals surface area contributed by atoms with E-state index in [2.05, 4.69) is 5.32 Å². The molecule has 0 aliphatic rings. The van der Waals surface area contributed by atoms with Crippen molar-refractivity contribution in [3.05, 3.63) is 62.1 Å². The summed E-state index contributed by atoms with van der Waals surface area (Å²) in [5, 5.41) is 4.13. The third kappa shape index (κ3) is 3.86. The monoisotopic (exact) mass is 411 g/mol. The molecule has 10 heteroatoms. The van der Waals surface area contributed by atoms with Crippen LogP contribution in [0.25, 0.3) is 10.2 Å². The molecule has 1 aromatic carbocycles. The molecule has 1 N–H and O–H groups in total. The Labute approximate surface area is 160 Å². The molecular formula is C18H16F3N3O3S. The third-order valence-electron chi connectivity index (χ3n) is 4.08. The van der Waals surface area contributed by atoms with Crippen molar-refractivity contribution in [3.63, 3.8) is 0 Å². The quantitative estimate of drug-likeness (QED) is 0.700. The second kappa shape index (κ2) is 7.63. The molecule has 0 aliphatic carbocycles. The van der Waals surface area contributed by atoms with E-state index in [1.54, 1.807) is 11.4 Å². The van der Waals surface area contributed by atoms with E-state index in [1.807, 2.05) is 6.92 Å². The number of nitrogens with zero attached hydrogens (tertiary/aromatic N) is 2. The Bertz CT molecular complexity index is 1130. The highest BCUT2D eigenvalue weighted by molar-refractivity contribution is 7.17. The van der Waals surface area contributed by atoms with Crippen LogP contribution in [0.15, 0.2) is 45.3 Å². The van der Waals surface area contributed by atoms with Gasteiger partial charge in [0.15, 0.2) is 0 Å². The fourth-order valence-corrected chi connectivity index (χ4v) is 3.64. The van der Waals surface area contributed by atoms with Gasteiger partial charge in [-0.15, -0.1) is 11.3 Å². The van der Waals surface area contributed by atoms with E-state index in [-0.39, 0.29) is 18.8 Å². The number of benzene rings is 1. The highest BCUT2D eigenvalue weighted by atomic mass is 32.1. The molecule has 0 fully saturated rings. The molecule has 2 heterocycles. The summed E-state index contributed by atoms with van der Waals surface area (Å²) in [7, 11) is 0. The van der Waals surface area contributed by atoms with Gasteiger partial charge in [0.2, 0.25) is 5.91 Å². The Balaban J connectivity index is 1.88. The summed E-state index contributed by atoms with van der Waals surface area (Å²) in [5.74, 6) is -0.587. The number of carbonyl (C=O) groups is 1. The van der Waals surface area contributed by atoms with Crippen molar-refractivity contribution >= 4 is 33.1 Å². The normalized spacial score (nSPS) is 11.7. The average molecular weight is 411 g/mol. The van der Waals surface area contributed by atoms with Crippen LogP contribution in [0.5, 0.6) is 0 Å². The molecule has 0 bridgehead atoms. The van der Waals surface area contributed by atoms with Crippen LogP contribution in [-0.4, -0.2) is 15.0 Å². The Hall–Kier alpha value is -2.88. The number of nitrogens with one attached hydrogen (secondary N) is 1. The van der Waals surface area contributed by atoms with Gasteiger partial charge in [-0.05, 0) is 42.1 Å². The number of anilines is 1. The first-order valence-corrected chi connectivity index (χ1v) is 9.28. The number of amides is 1. The molecule has 0 saturated heterocycles. The topological polar surface area (TPSA) is 73.1 Å². The molecule has 0 saturated carbocycles. The van der Waals surface area contributed by atoms with E-state index in [9.17, 15) is 27.6 Å². The van der Waals surface area contributed by atoms with Gasteiger partial charge in [-0.1, -0.05) is 6.92 Å². The molecule has 3 aromatic rings. The van der Waals surface area contributed by atoms with Crippen LogP contribution in [0.3, 0.4) is 0 Å². The highest BCUT2D eigenvalue weighted by Crippen LogP contribution is 2.29. The van der Waals surface area contributed by atoms with Crippen LogP contribution >= 0.6 is 11.3 Å². The number of carbonyl (C=O) groups excluding carboxylic acids is 1. The SMILES string of the molecule is CCCn1c(=O)c2sccc2n(CC(=O)Nc2ccc(C(F)(F)F)cc2)c1=O. The summed E-state index contributed by atoms with van der Waals surface area (Å²) in [6.45, 7) is 1.69. The second-order valence-electron chi connectivity index (χ2n) is 6.08. The van der Waals surface area contributed by atoms with Crippen LogP contribution in [-0.2, 0) is 24.1 Å².